The van der Waals surface area contributed by atoms with Crippen molar-refractivity contribution in [1.82, 2.24) is 4.98 Å². The second-order valence-corrected chi connectivity index (χ2v) is 5.08. The van der Waals surface area contributed by atoms with Crippen LogP contribution in [-0.4, -0.2) is 22.0 Å². The van der Waals surface area contributed by atoms with Crippen molar-refractivity contribution in [3.05, 3.63) is 57.3 Å². The molecule has 2 aromatic rings. The molecule has 5 nitrogen and oxygen atoms in total. The van der Waals surface area contributed by atoms with Crippen molar-refractivity contribution in [3.8, 4) is 0 Å². The summed E-state index contributed by atoms with van der Waals surface area (Å²) in [5, 5.41) is 11.8. The standard InChI is InChI=1S/C13H8BrClN2O3/c14-9-5-7(1-3-10(9)15)12(18)17-8-2-4-11(13(19)20)16-6-8/h1-6H,(H,17,18)(H,19,20). The molecule has 0 aliphatic heterocycles. The number of halogens is 2. The Labute approximate surface area is 127 Å². The van der Waals surface area contributed by atoms with E-state index in [1.165, 1.54) is 18.3 Å². The van der Waals surface area contributed by atoms with Crippen molar-refractivity contribution in [3.63, 3.8) is 0 Å². The van der Waals surface area contributed by atoms with Gasteiger partial charge in [-0.05, 0) is 46.3 Å². The molecule has 1 aromatic carbocycles. The summed E-state index contributed by atoms with van der Waals surface area (Å²) >= 11 is 9.08. The first-order valence-electron chi connectivity index (χ1n) is 5.43. The van der Waals surface area contributed by atoms with Gasteiger partial charge in [0.1, 0.15) is 5.69 Å². The molecule has 0 fully saturated rings. The Bertz CT molecular complexity index is 674. The summed E-state index contributed by atoms with van der Waals surface area (Å²) in [6.45, 7) is 0. The summed E-state index contributed by atoms with van der Waals surface area (Å²) in [4.78, 5) is 26.3. The molecule has 1 aromatic heterocycles. The van der Waals surface area contributed by atoms with Crippen LogP contribution in [0.15, 0.2) is 41.0 Å². The molecule has 0 unspecified atom stereocenters. The average Bonchev–Trinajstić information content (AvgIpc) is 2.42. The molecule has 1 heterocycles. The number of aromatic nitrogens is 1. The van der Waals surface area contributed by atoms with Gasteiger partial charge in [0, 0.05) is 10.0 Å². The minimum Gasteiger partial charge on any atom is -0.477 e. The first-order chi connectivity index (χ1) is 9.47. The third-order valence-corrected chi connectivity index (χ3v) is 3.64. The highest BCUT2D eigenvalue weighted by atomic mass is 79.9. The van der Waals surface area contributed by atoms with Gasteiger partial charge in [-0.25, -0.2) is 9.78 Å². The van der Waals surface area contributed by atoms with Crippen molar-refractivity contribution in [2.75, 3.05) is 5.32 Å². The molecule has 2 N–H and O–H groups in total. The number of hydrogen-bond acceptors (Lipinski definition) is 3. The van der Waals surface area contributed by atoms with Gasteiger partial charge in [-0.1, -0.05) is 11.6 Å². The zero-order valence-corrected chi connectivity index (χ0v) is 12.3. The Morgan fingerprint density at radius 1 is 1.25 bits per heavy atom. The number of pyridine rings is 1. The second kappa shape index (κ2) is 6.02. The van der Waals surface area contributed by atoms with Crippen LogP contribution in [-0.2, 0) is 0 Å². The third kappa shape index (κ3) is 3.34. The summed E-state index contributed by atoms with van der Waals surface area (Å²) in [5.74, 6) is -1.46. The van der Waals surface area contributed by atoms with Crippen LogP contribution >= 0.6 is 27.5 Å². The minimum absolute atomic E-state index is 0.0859. The molecular weight excluding hydrogens is 348 g/mol. The average molecular weight is 356 g/mol. The minimum atomic E-state index is -1.12. The lowest BCUT2D eigenvalue weighted by atomic mass is 10.2. The molecule has 7 heteroatoms. The number of benzene rings is 1. The van der Waals surface area contributed by atoms with Crippen LogP contribution in [0.2, 0.25) is 5.02 Å². The maximum absolute atomic E-state index is 12.0. The molecule has 0 atom stereocenters. The molecule has 0 bridgehead atoms. The molecule has 0 aliphatic carbocycles. The Morgan fingerprint density at radius 2 is 2.00 bits per heavy atom. The number of nitrogens with zero attached hydrogens (tertiary/aromatic N) is 1. The van der Waals surface area contributed by atoms with E-state index in [9.17, 15) is 9.59 Å². The Morgan fingerprint density at radius 3 is 2.55 bits per heavy atom. The molecule has 20 heavy (non-hydrogen) atoms. The molecule has 0 saturated heterocycles. The fraction of sp³-hybridized carbons (Fsp3) is 0. The Kier molecular flexibility index (Phi) is 4.36. The van der Waals surface area contributed by atoms with E-state index in [4.69, 9.17) is 16.7 Å². The van der Waals surface area contributed by atoms with E-state index in [-0.39, 0.29) is 11.6 Å². The fourth-order valence-electron chi connectivity index (χ4n) is 1.43. The van der Waals surface area contributed by atoms with E-state index in [0.717, 1.165) is 0 Å². The predicted molar refractivity (Wildman–Crippen MR) is 78.3 cm³/mol. The van der Waals surface area contributed by atoms with E-state index in [1.54, 1.807) is 18.2 Å². The van der Waals surface area contributed by atoms with E-state index < -0.39 is 5.97 Å². The molecular formula is C13H8BrClN2O3. The number of carbonyl (C=O) groups excluding carboxylic acids is 1. The van der Waals surface area contributed by atoms with E-state index in [2.05, 4.69) is 26.2 Å². The van der Waals surface area contributed by atoms with Crippen molar-refractivity contribution >= 4 is 45.1 Å². The number of carboxylic acid groups (broad SMARTS) is 1. The monoisotopic (exact) mass is 354 g/mol. The molecule has 102 valence electrons. The maximum atomic E-state index is 12.0. The number of rotatable bonds is 3. The highest BCUT2D eigenvalue weighted by molar-refractivity contribution is 9.10. The van der Waals surface area contributed by atoms with Crippen molar-refractivity contribution < 1.29 is 14.7 Å². The first-order valence-corrected chi connectivity index (χ1v) is 6.60. The summed E-state index contributed by atoms with van der Waals surface area (Å²) < 4.78 is 0.617. The van der Waals surface area contributed by atoms with Crippen molar-refractivity contribution in [2.45, 2.75) is 0 Å². The van der Waals surface area contributed by atoms with Gasteiger partial charge >= 0.3 is 5.97 Å². The van der Waals surface area contributed by atoms with Gasteiger partial charge in [-0.2, -0.15) is 0 Å². The topological polar surface area (TPSA) is 79.3 Å². The number of carbonyl (C=O) groups is 2. The van der Waals surface area contributed by atoms with Gasteiger partial charge in [0.2, 0.25) is 0 Å². The second-order valence-electron chi connectivity index (χ2n) is 3.82. The Balaban J connectivity index is 2.14. The van der Waals surface area contributed by atoms with Crippen LogP contribution in [0.1, 0.15) is 20.8 Å². The number of carboxylic acids is 1. The van der Waals surface area contributed by atoms with Crippen LogP contribution < -0.4 is 5.32 Å². The van der Waals surface area contributed by atoms with E-state index in [0.29, 0.717) is 20.7 Å². The zero-order chi connectivity index (χ0) is 14.7. The van der Waals surface area contributed by atoms with Gasteiger partial charge in [0.15, 0.2) is 0 Å². The number of anilines is 1. The fourth-order valence-corrected chi connectivity index (χ4v) is 1.93. The highest BCUT2D eigenvalue weighted by Gasteiger charge is 2.09. The number of aromatic carboxylic acids is 1. The largest absolute Gasteiger partial charge is 0.477 e. The quantitative estimate of drug-likeness (QED) is 0.884. The van der Waals surface area contributed by atoms with Gasteiger partial charge in [0.05, 0.1) is 16.9 Å². The van der Waals surface area contributed by atoms with Crippen LogP contribution in [0.4, 0.5) is 5.69 Å². The molecule has 0 saturated carbocycles. The van der Waals surface area contributed by atoms with Gasteiger partial charge in [-0.15, -0.1) is 0 Å². The van der Waals surface area contributed by atoms with E-state index >= 15 is 0 Å². The highest BCUT2D eigenvalue weighted by Crippen LogP contribution is 2.23. The molecule has 0 radical (unpaired) electrons. The van der Waals surface area contributed by atoms with E-state index in [1.807, 2.05) is 0 Å². The van der Waals surface area contributed by atoms with Gasteiger partial charge in [0.25, 0.3) is 5.91 Å². The summed E-state index contributed by atoms with van der Waals surface area (Å²) in [7, 11) is 0. The van der Waals surface area contributed by atoms with Crippen LogP contribution in [0, 0.1) is 0 Å². The first kappa shape index (κ1) is 14.5. The summed E-state index contributed by atoms with van der Waals surface area (Å²) in [5.41, 5.74) is 0.742. The molecule has 2 rings (SSSR count). The SMILES string of the molecule is O=C(Nc1ccc(C(=O)O)nc1)c1ccc(Cl)c(Br)c1. The molecule has 1 amide bonds. The maximum Gasteiger partial charge on any atom is 0.354 e. The Hall–Kier alpha value is -1.92. The third-order valence-electron chi connectivity index (χ3n) is 2.42. The normalized spacial score (nSPS) is 10.1. The predicted octanol–water partition coefficient (Wildman–Crippen LogP) is 3.45. The van der Waals surface area contributed by atoms with Crippen molar-refractivity contribution in [2.24, 2.45) is 0 Å². The van der Waals surface area contributed by atoms with Crippen molar-refractivity contribution in [1.29, 1.82) is 0 Å². The lowest BCUT2D eigenvalue weighted by Gasteiger charge is -2.06. The van der Waals surface area contributed by atoms with Crippen LogP contribution in [0.3, 0.4) is 0 Å². The zero-order valence-electron chi connectivity index (χ0n) is 9.93. The molecule has 0 aliphatic rings. The number of hydrogen-bond donors (Lipinski definition) is 2. The lowest BCUT2D eigenvalue weighted by molar-refractivity contribution is 0.0690. The lowest BCUT2D eigenvalue weighted by Crippen LogP contribution is -2.12. The van der Waals surface area contributed by atoms with Gasteiger partial charge < -0.3 is 10.4 Å². The van der Waals surface area contributed by atoms with Crippen LogP contribution in [0.25, 0.3) is 0 Å². The number of nitrogens with one attached hydrogen (secondary N) is 1. The molecule has 0 spiro atoms. The number of amides is 1. The summed E-state index contributed by atoms with van der Waals surface area (Å²) in [6.07, 6.45) is 1.28. The van der Waals surface area contributed by atoms with Crippen LogP contribution in [0.5, 0.6) is 0 Å². The smallest absolute Gasteiger partial charge is 0.354 e. The summed E-state index contributed by atoms with van der Waals surface area (Å²) in [6, 6.07) is 7.57. The van der Waals surface area contributed by atoms with Gasteiger partial charge in [-0.3, -0.25) is 4.79 Å².